The number of anilines is 2. The zero-order valence-electron chi connectivity index (χ0n) is 14.2. The molecule has 0 aliphatic carbocycles. The van der Waals surface area contributed by atoms with Crippen LogP contribution in [0.4, 0.5) is 11.4 Å². The molecule has 0 saturated heterocycles. The number of benzene rings is 2. The molecule has 1 unspecified atom stereocenters. The summed E-state index contributed by atoms with van der Waals surface area (Å²) in [5, 5.41) is 4.84. The lowest BCUT2D eigenvalue weighted by Crippen LogP contribution is -2.13. The van der Waals surface area contributed by atoms with Gasteiger partial charge < -0.3 is 11.1 Å². The lowest BCUT2D eigenvalue weighted by Gasteiger charge is -2.10. The Labute approximate surface area is 156 Å². The predicted octanol–water partition coefficient (Wildman–Crippen LogP) is 4.43. The summed E-state index contributed by atoms with van der Waals surface area (Å²) in [7, 11) is -2.61. The van der Waals surface area contributed by atoms with Gasteiger partial charge in [-0.2, -0.15) is 0 Å². The third-order valence-electron chi connectivity index (χ3n) is 3.77. The molecule has 134 valence electrons. The van der Waals surface area contributed by atoms with Gasteiger partial charge in [0.1, 0.15) is 0 Å². The Hall–Kier alpha value is -2.64. The number of hydrogen-bond acceptors (Lipinski definition) is 5. The molecule has 0 bridgehead atoms. The van der Waals surface area contributed by atoms with Gasteiger partial charge in [0.05, 0.1) is 17.1 Å². The zero-order valence-corrected chi connectivity index (χ0v) is 15.8. The van der Waals surface area contributed by atoms with Crippen LogP contribution in [0.5, 0.6) is 0 Å². The minimum absolute atomic E-state index is 0.171. The summed E-state index contributed by atoms with van der Waals surface area (Å²) in [4.78, 5) is 13.6. The molecule has 3 rings (SSSR count). The molecular weight excluding hydrogens is 366 g/mol. The minimum atomic E-state index is -2.61. The van der Waals surface area contributed by atoms with E-state index in [4.69, 9.17) is 10.5 Å². The molecule has 0 radical (unpaired) electrons. The van der Waals surface area contributed by atoms with Gasteiger partial charge in [-0.25, -0.2) is 4.21 Å². The minimum Gasteiger partial charge on any atom is -0.397 e. The number of hydrogen-bond donors (Lipinski definition) is 3. The molecule has 5 nitrogen and oxygen atoms in total. The molecule has 2 aromatic carbocycles. The molecule has 0 fully saturated rings. The van der Waals surface area contributed by atoms with Gasteiger partial charge >= 0.3 is 0 Å². The van der Waals surface area contributed by atoms with Crippen molar-refractivity contribution in [2.45, 2.75) is 5.75 Å². The van der Waals surface area contributed by atoms with Gasteiger partial charge in [0.25, 0.3) is 5.91 Å². The van der Waals surface area contributed by atoms with Crippen molar-refractivity contribution in [1.29, 1.82) is 4.78 Å². The van der Waals surface area contributed by atoms with E-state index in [1.54, 1.807) is 41.7 Å². The quantitative estimate of drug-likeness (QED) is 0.567. The average Bonchev–Trinajstić information content (AvgIpc) is 3.10. The van der Waals surface area contributed by atoms with Crippen molar-refractivity contribution in [1.82, 2.24) is 0 Å². The fraction of sp³-hybridized carbons (Fsp3) is 0.105. The first-order valence-corrected chi connectivity index (χ1v) is 10.9. The van der Waals surface area contributed by atoms with Crippen LogP contribution in [0, 0.1) is 4.78 Å². The van der Waals surface area contributed by atoms with E-state index in [1.165, 1.54) is 6.26 Å². The van der Waals surface area contributed by atoms with Crippen molar-refractivity contribution < 1.29 is 9.00 Å². The highest BCUT2D eigenvalue weighted by Crippen LogP contribution is 2.30. The van der Waals surface area contributed by atoms with Crippen molar-refractivity contribution >= 4 is 38.3 Å². The number of thiophene rings is 1. The number of rotatable bonds is 5. The van der Waals surface area contributed by atoms with Crippen molar-refractivity contribution in [3.05, 3.63) is 71.1 Å². The van der Waals surface area contributed by atoms with Crippen LogP contribution in [0.15, 0.2) is 60.0 Å². The Balaban J connectivity index is 1.78. The van der Waals surface area contributed by atoms with Gasteiger partial charge in [0.2, 0.25) is 0 Å². The third kappa shape index (κ3) is 4.50. The van der Waals surface area contributed by atoms with Gasteiger partial charge in [-0.1, -0.05) is 24.3 Å². The highest BCUT2D eigenvalue weighted by atomic mass is 32.2. The van der Waals surface area contributed by atoms with E-state index in [-0.39, 0.29) is 11.7 Å². The van der Waals surface area contributed by atoms with Crippen LogP contribution in [-0.2, 0) is 15.5 Å². The highest BCUT2D eigenvalue weighted by Gasteiger charge is 2.10. The van der Waals surface area contributed by atoms with E-state index in [0.717, 1.165) is 16.0 Å². The number of amides is 1. The maximum atomic E-state index is 12.5. The molecule has 7 heteroatoms. The topological polar surface area (TPSA) is 96.0 Å². The van der Waals surface area contributed by atoms with Crippen molar-refractivity contribution in [3.63, 3.8) is 0 Å². The second-order valence-electron chi connectivity index (χ2n) is 6.08. The zero-order chi connectivity index (χ0) is 18.7. The molecule has 26 heavy (non-hydrogen) atoms. The van der Waals surface area contributed by atoms with E-state index < -0.39 is 9.73 Å². The number of carbonyl (C=O) groups is 1. The molecule has 0 spiro atoms. The van der Waals surface area contributed by atoms with Crippen LogP contribution in [0.1, 0.15) is 15.9 Å². The number of carbonyl (C=O) groups excluding carboxylic acids is 1. The fourth-order valence-corrected chi connectivity index (χ4v) is 4.08. The molecule has 4 N–H and O–H groups in total. The predicted molar refractivity (Wildman–Crippen MR) is 109 cm³/mol. The van der Waals surface area contributed by atoms with E-state index in [0.29, 0.717) is 16.9 Å². The van der Waals surface area contributed by atoms with E-state index in [9.17, 15) is 9.00 Å². The number of nitrogens with two attached hydrogens (primary N) is 1. The first-order valence-electron chi connectivity index (χ1n) is 7.87. The second kappa shape index (κ2) is 7.31. The summed E-state index contributed by atoms with van der Waals surface area (Å²) in [6, 6.07) is 16.3. The van der Waals surface area contributed by atoms with Crippen LogP contribution in [0.2, 0.25) is 0 Å². The van der Waals surface area contributed by atoms with Crippen LogP contribution in [0.25, 0.3) is 10.4 Å². The van der Waals surface area contributed by atoms with Crippen LogP contribution >= 0.6 is 11.3 Å². The third-order valence-corrected chi connectivity index (χ3v) is 5.57. The molecule has 0 aliphatic rings. The Morgan fingerprint density at radius 3 is 2.54 bits per heavy atom. The Morgan fingerprint density at radius 1 is 1.19 bits per heavy atom. The number of nitrogen functional groups attached to an aromatic ring is 1. The lowest BCUT2D eigenvalue weighted by atomic mass is 10.1. The summed E-state index contributed by atoms with van der Waals surface area (Å²) in [6.07, 6.45) is 1.40. The SMILES string of the molecule is CS(=N)(=O)Cc1ccc(C(=O)Nc2cc(-c3cccs3)ccc2N)cc1. The van der Waals surface area contributed by atoms with Gasteiger partial charge in [0.15, 0.2) is 0 Å². The molecule has 3 aromatic rings. The standard InChI is InChI=1S/C19H19N3O2S2/c1-26(21,24)12-13-4-6-14(7-5-13)19(23)22-17-11-15(8-9-16(17)20)18-3-2-10-25-18/h2-11,21H,12,20H2,1H3,(H,22,23). The van der Waals surface area contributed by atoms with Gasteiger partial charge in [-0.05, 0) is 46.8 Å². The van der Waals surface area contributed by atoms with Gasteiger partial charge in [-0.15, -0.1) is 11.3 Å². The van der Waals surface area contributed by atoms with Crippen molar-refractivity contribution in [2.24, 2.45) is 0 Å². The molecule has 1 amide bonds. The lowest BCUT2D eigenvalue weighted by molar-refractivity contribution is 0.102. The molecule has 0 aliphatic heterocycles. The van der Waals surface area contributed by atoms with Gasteiger partial charge in [0, 0.05) is 26.4 Å². The maximum Gasteiger partial charge on any atom is 0.255 e. The Bertz CT molecular complexity index is 1030. The summed E-state index contributed by atoms with van der Waals surface area (Å²) >= 11 is 1.62. The van der Waals surface area contributed by atoms with Crippen LogP contribution < -0.4 is 11.1 Å². The monoisotopic (exact) mass is 385 g/mol. The molecule has 1 aromatic heterocycles. The largest absolute Gasteiger partial charge is 0.397 e. The normalized spacial score (nSPS) is 13.1. The molecule has 0 saturated carbocycles. The number of nitrogens with one attached hydrogen (secondary N) is 2. The van der Waals surface area contributed by atoms with Crippen LogP contribution in [-0.4, -0.2) is 16.4 Å². The summed E-state index contributed by atoms with van der Waals surface area (Å²) in [5.74, 6) is -0.0975. The smallest absolute Gasteiger partial charge is 0.255 e. The van der Waals surface area contributed by atoms with Gasteiger partial charge in [-0.3, -0.25) is 9.57 Å². The Morgan fingerprint density at radius 2 is 1.92 bits per heavy atom. The van der Waals surface area contributed by atoms with Crippen LogP contribution in [0.3, 0.4) is 0 Å². The van der Waals surface area contributed by atoms with Crippen molar-refractivity contribution in [3.8, 4) is 10.4 Å². The highest BCUT2D eigenvalue weighted by molar-refractivity contribution is 7.90. The maximum absolute atomic E-state index is 12.5. The van der Waals surface area contributed by atoms with E-state index in [2.05, 4.69) is 5.32 Å². The first-order chi connectivity index (χ1) is 12.3. The van der Waals surface area contributed by atoms with Crippen molar-refractivity contribution in [2.75, 3.05) is 17.3 Å². The molecule has 1 heterocycles. The molecule has 1 atom stereocenters. The summed E-state index contributed by atoms with van der Waals surface area (Å²) in [5.41, 5.74) is 9.29. The van der Waals surface area contributed by atoms with E-state index >= 15 is 0 Å². The second-order valence-corrected chi connectivity index (χ2v) is 9.33. The summed E-state index contributed by atoms with van der Waals surface area (Å²) in [6.45, 7) is 0. The molecular formula is C19H19N3O2S2. The fourth-order valence-electron chi connectivity index (χ4n) is 2.53. The Kier molecular flexibility index (Phi) is 5.11. The first kappa shape index (κ1) is 18.2. The average molecular weight is 386 g/mol. The summed E-state index contributed by atoms with van der Waals surface area (Å²) < 4.78 is 19.1. The van der Waals surface area contributed by atoms with E-state index in [1.807, 2.05) is 29.6 Å².